The quantitative estimate of drug-likeness (QED) is 0.478. The molecule has 0 saturated heterocycles. The van der Waals surface area contributed by atoms with E-state index in [0.29, 0.717) is 21.9 Å². The van der Waals surface area contributed by atoms with Gasteiger partial charge in [-0.3, -0.25) is 0 Å². The predicted octanol–water partition coefficient (Wildman–Crippen LogP) is 4.51. The molecule has 0 aliphatic rings. The van der Waals surface area contributed by atoms with Gasteiger partial charge in [-0.15, -0.1) is 10.2 Å². The van der Waals surface area contributed by atoms with Crippen LogP contribution in [0.25, 0.3) is 11.4 Å². The fourth-order valence-corrected chi connectivity index (χ4v) is 2.85. The van der Waals surface area contributed by atoms with Crippen LogP contribution in [0.5, 0.6) is 11.5 Å². The number of aromatic hydroxyl groups is 1. The molecule has 1 N–H and O–H groups in total. The second-order valence-corrected chi connectivity index (χ2v) is 6.57. The number of halogens is 3. The smallest absolute Gasteiger partial charge is 0.291 e. The lowest BCUT2D eigenvalue weighted by Crippen LogP contribution is -1.98. The van der Waals surface area contributed by atoms with Crippen molar-refractivity contribution in [2.45, 2.75) is 10.9 Å². The number of hydrogen-bond donors (Lipinski definition) is 1. The van der Waals surface area contributed by atoms with Crippen LogP contribution in [0.1, 0.15) is 5.56 Å². The van der Waals surface area contributed by atoms with Crippen LogP contribution in [-0.4, -0.2) is 39.1 Å². The molecule has 1 heterocycles. The van der Waals surface area contributed by atoms with Crippen LogP contribution in [0.15, 0.2) is 52.7 Å². The molecule has 0 spiro atoms. The minimum absolute atomic E-state index is 0.0507. The fourth-order valence-electron chi connectivity index (χ4n) is 2.19. The molecule has 0 saturated carbocycles. The summed E-state index contributed by atoms with van der Waals surface area (Å²) in [4.78, 5) is 0. The number of rotatable bonds is 6. The first-order chi connectivity index (χ1) is 13.0. The zero-order chi connectivity index (χ0) is 19.4. The molecule has 3 aromatic rings. The third-order valence-corrected chi connectivity index (χ3v) is 4.34. The van der Waals surface area contributed by atoms with Gasteiger partial charge in [-0.1, -0.05) is 11.6 Å². The van der Waals surface area contributed by atoms with Crippen molar-refractivity contribution >= 4 is 29.6 Å². The van der Waals surface area contributed by atoms with Crippen LogP contribution < -0.4 is 4.74 Å². The number of alkyl halides is 2. The molecule has 27 heavy (non-hydrogen) atoms. The van der Waals surface area contributed by atoms with Gasteiger partial charge in [0, 0.05) is 16.1 Å². The van der Waals surface area contributed by atoms with E-state index < -0.39 is 5.76 Å². The average Bonchev–Trinajstić information content (AvgIpc) is 3.04. The van der Waals surface area contributed by atoms with Gasteiger partial charge in [-0.2, -0.15) is 18.6 Å². The zero-order valence-electron chi connectivity index (χ0n) is 13.9. The molecule has 0 fully saturated rings. The first-order valence-electron chi connectivity index (χ1n) is 7.55. The summed E-state index contributed by atoms with van der Waals surface area (Å²) in [5, 5.41) is 22.1. The van der Waals surface area contributed by atoms with Crippen LogP contribution in [0.2, 0.25) is 5.02 Å². The van der Waals surface area contributed by atoms with Crippen molar-refractivity contribution in [3.05, 3.63) is 53.1 Å². The van der Waals surface area contributed by atoms with Gasteiger partial charge >= 0.3 is 0 Å². The predicted molar refractivity (Wildman–Crippen MR) is 100.0 cm³/mol. The highest BCUT2D eigenvalue weighted by molar-refractivity contribution is 7.99. The Morgan fingerprint density at radius 3 is 2.63 bits per heavy atom. The number of ether oxygens (including phenoxy) is 1. The highest BCUT2D eigenvalue weighted by Gasteiger charge is 2.18. The number of phenolic OH excluding ortho intramolecular Hbond substituents is 1. The summed E-state index contributed by atoms with van der Waals surface area (Å²) >= 11 is 6.13. The lowest BCUT2D eigenvalue weighted by Gasteiger charge is -2.06. The van der Waals surface area contributed by atoms with Crippen molar-refractivity contribution in [1.29, 1.82) is 0 Å². The van der Waals surface area contributed by atoms with Gasteiger partial charge < -0.3 is 9.84 Å². The zero-order valence-corrected chi connectivity index (χ0v) is 15.5. The third kappa shape index (κ3) is 4.55. The van der Waals surface area contributed by atoms with E-state index in [-0.39, 0.29) is 28.5 Å². The second kappa shape index (κ2) is 8.36. The van der Waals surface area contributed by atoms with E-state index in [1.54, 1.807) is 24.3 Å². The van der Waals surface area contributed by atoms with Crippen molar-refractivity contribution in [2.75, 3.05) is 7.11 Å². The molecule has 0 bridgehead atoms. The molecule has 0 atom stereocenters. The largest absolute Gasteiger partial charge is 0.507 e. The van der Waals surface area contributed by atoms with E-state index in [1.807, 2.05) is 0 Å². The van der Waals surface area contributed by atoms with Gasteiger partial charge in [-0.05, 0) is 54.2 Å². The molecule has 6 nitrogen and oxygen atoms in total. The maximum absolute atomic E-state index is 12.8. The van der Waals surface area contributed by atoms with Crippen LogP contribution in [0, 0.1) is 0 Å². The summed E-state index contributed by atoms with van der Waals surface area (Å²) in [5.41, 5.74) is 0.932. The molecule has 3 rings (SSSR count). The minimum atomic E-state index is -2.69. The Hall–Kier alpha value is -2.65. The highest BCUT2D eigenvalue weighted by Crippen LogP contribution is 2.29. The standard InChI is InChI=1S/C17H13ClF2N4O2S/c1-26-13-5-2-10(3-6-13)15-22-23-17(27-16(19)20)24(15)21-9-11-8-12(18)4-7-14(11)25/h2-9,16,25H,1H3/b21-9+. The molecule has 0 amide bonds. The number of thioether (sulfide) groups is 1. The minimum Gasteiger partial charge on any atom is -0.507 e. The SMILES string of the molecule is COc1ccc(-c2nnc(SC(F)F)n2/N=C/c2cc(Cl)ccc2O)cc1. The Morgan fingerprint density at radius 2 is 1.96 bits per heavy atom. The van der Waals surface area contributed by atoms with E-state index in [2.05, 4.69) is 15.3 Å². The summed E-state index contributed by atoms with van der Waals surface area (Å²) in [6.07, 6.45) is 1.30. The van der Waals surface area contributed by atoms with Crippen molar-refractivity contribution in [3.8, 4) is 22.9 Å². The molecular formula is C17H13ClF2N4O2S. The summed E-state index contributed by atoms with van der Waals surface area (Å²) in [6.45, 7) is 0. The Morgan fingerprint density at radius 1 is 1.22 bits per heavy atom. The van der Waals surface area contributed by atoms with E-state index in [0.717, 1.165) is 0 Å². The lowest BCUT2D eigenvalue weighted by molar-refractivity contribution is 0.251. The van der Waals surface area contributed by atoms with Gasteiger partial charge in [0.05, 0.1) is 13.3 Å². The first kappa shape index (κ1) is 19.1. The fraction of sp³-hybridized carbons (Fsp3) is 0.118. The van der Waals surface area contributed by atoms with Crippen LogP contribution in [-0.2, 0) is 0 Å². The molecule has 10 heteroatoms. The molecule has 0 aliphatic heterocycles. The Labute approximate surface area is 162 Å². The summed E-state index contributed by atoms with van der Waals surface area (Å²) in [7, 11) is 1.54. The normalized spacial score (nSPS) is 11.4. The van der Waals surface area contributed by atoms with Gasteiger partial charge in [-0.25, -0.2) is 0 Å². The van der Waals surface area contributed by atoms with Crippen molar-refractivity contribution in [2.24, 2.45) is 5.10 Å². The summed E-state index contributed by atoms with van der Waals surface area (Å²) < 4.78 is 32.0. The third-order valence-electron chi connectivity index (χ3n) is 3.46. The van der Waals surface area contributed by atoms with Crippen LogP contribution in [0.4, 0.5) is 8.78 Å². The maximum atomic E-state index is 12.8. The number of hydrogen-bond acceptors (Lipinski definition) is 6. The maximum Gasteiger partial charge on any atom is 0.291 e. The Kier molecular flexibility index (Phi) is 5.92. The van der Waals surface area contributed by atoms with Crippen molar-refractivity contribution in [3.63, 3.8) is 0 Å². The molecule has 0 radical (unpaired) electrons. The van der Waals surface area contributed by atoms with Gasteiger partial charge in [0.1, 0.15) is 11.5 Å². The topological polar surface area (TPSA) is 72.5 Å². The van der Waals surface area contributed by atoms with Crippen LogP contribution in [0.3, 0.4) is 0 Å². The van der Waals surface area contributed by atoms with E-state index in [1.165, 1.54) is 36.2 Å². The number of benzene rings is 2. The molecule has 2 aromatic carbocycles. The van der Waals surface area contributed by atoms with E-state index in [9.17, 15) is 13.9 Å². The second-order valence-electron chi connectivity index (χ2n) is 5.17. The van der Waals surface area contributed by atoms with Crippen LogP contribution >= 0.6 is 23.4 Å². The Bertz CT molecular complexity index is 964. The first-order valence-corrected chi connectivity index (χ1v) is 8.81. The number of nitrogens with zero attached hydrogens (tertiary/aromatic N) is 4. The van der Waals surface area contributed by atoms with E-state index in [4.69, 9.17) is 16.3 Å². The molecular weight excluding hydrogens is 398 g/mol. The van der Waals surface area contributed by atoms with E-state index >= 15 is 0 Å². The number of aromatic nitrogens is 3. The van der Waals surface area contributed by atoms with Gasteiger partial charge in [0.15, 0.2) is 5.82 Å². The molecule has 0 unspecified atom stereocenters. The van der Waals surface area contributed by atoms with Gasteiger partial charge in [0.25, 0.3) is 5.76 Å². The monoisotopic (exact) mass is 410 g/mol. The average molecular weight is 411 g/mol. The molecule has 0 aliphatic carbocycles. The van der Waals surface area contributed by atoms with Crippen molar-refractivity contribution in [1.82, 2.24) is 14.9 Å². The molecule has 140 valence electrons. The lowest BCUT2D eigenvalue weighted by atomic mass is 10.2. The summed E-state index contributed by atoms with van der Waals surface area (Å²) in [5.74, 6) is -1.84. The number of phenols is 1. The number of methoxy groups -OCH3 is 1. The molecule has 1 aromatic heterocycles. The van der Waals surface area contributed by atoms with Crippen molar-refractivity contribution < 1.29 is 18.6 Å². The van der Waals surface area contributed by atoms with Gasteiger partial charge in [0.2, 0.25) is 5.16 Å². The Balaban J connectivity index is 2.03. The highest BCUT2D eigenvalue weighted by atomic mass is 35.5. The summed E-state index contributed by atoms with van der Waals surface area (Å²) in [6, 6.07) is 11.3.